The van der Waals surface area contributed by atoms with Gasteiger partial charge in [0.05, 0.1) is 19.7 Å². The molecule has 144 valence electrons. The third-order valence-electron chi connectivity index (χ3n) is 5.12. The number of benzene rings is 1. The third-order valence-corrected chi connectivity index (χ3v) is 5.12. The molecule has 1 amide bonds. The van der Waals surface area contributed by atoms with Crippen molar-refractivity contribution in [3.8, 4) is 11.5 Å². The molecule has 0 bridgehead atoms. The summed E-state index contributed by atoms with van der Waals surface area (Å²) >= 11 is 0. The quantitative estimate of drug-likeness (QED) is 0.682. The van der Waals surface area contributed by atoms with Gasteiger partial charge in [0.15, 0.2) is 0 Å². The second-order valence-corrected chi connectivity index (χ2v) is 7.06. The van der Waals surface area contributed by atoms with Crippen LogP contribution in [0.3, 0.4) is 0 Å². The molecule has 0 aromatic heterocycles. The number of nitrogens with one attached hydrogen (secondary N) is 1. The summed E-state index contributed by atoms with van der Waals surface area (Å²) in [5, 5.41) is 23.4. The molecule has 1 aliphatic carbocycles. The summed E-state index contributed by atoms with van der Waals surface area (Å²) in [6, 6.07) is 6.57. The summed E-state index contributed by atoms with van der Waals surface area (Å²) in [4.78, 5) is 14.4. The van der Waals surface area contributed by atoms with E-state index in [-0.39, 0.29) is 5.91 Å². The van der Waals surface area contributed by atoms with Gasteiger partial charge in [-0.15, -0.1) is 0 Å². The number of aliphatic hydroxyl groups is 2. The number of ether oxygens (including phenoxy) is 2. The van der Waals surface area contributed by atoms with E-state index in [0.29, 0.717) is 24.5 Å². The van der Waals surface area contributed by atoms with Gasteiger partial charge in [0, 0.05) is 12.5 Å². The minimum Gasteiger partial charge on any atom is -0.497 e. The average molecular weight is 364 g/mol. The second-order valence-electron chi connectivity index (χ2n) is 7.06. The summed E-state index contributed by atoms with van der Waals surface area (Å²) in [7, 11) is 1.57. The smallest absolute Gasteiger partial charge is 0.234 e. The van der Waals surface area contributed by atoms with Gasteiger partial charge >= 0.3 is 0 Å². The Bertz CT molecular complexity index is 605. The molecular weight excluding hydrogens is 336 g/mol. The van der Waals surface area contributed by atoms with Crippen LogP contribution in [0.5, 0.6) is 11.5 Å². The van der Waals surface area contributed by atoms with Crippen molar-refractivity contribution in [1.29, 1.82) is 0 Å². The van der Waals surface area contributed by atoms with Gasteiger partial charge < -0.3 is 25.0 Å². The van der Waals surface area contributed by atoms with E-state index in [2.05, 4.69) is 10.2 Å². The van der Waals surface area contributed by atoms with Crippen molar-refractivity contribution in [2.24, 2.45) is 0 Å². The average Bonchev–Trinajstić information content (AvgIpc) is 2.90. The predicted octanol–water partition coefficient (Wildman–Crippen LogP) is 0.539. The van der Waals surface area contributed by atoms with Crippen molar-refractivity contribution in [3.63, 3.8) is 0 Å². The second kappa shape index (κ2) is 8.70. The largest absolute Gasteiger partial charge is 0.497 e. The maximum atomic E-state index is 12.3. The summed E-state index contributed by atoms with van der Waals surface area (Å²) in [6.07, 6.45) is 1.12. The van der Waals surface area contributed by atoms with Gasteiger partial charge in [-0.05, 0) is 38.1 Å². The highest BCUT2D eigenvalue weighted by atomic mass is 16.5. The van der Waals surface area contributed by atoms with E-state index in [9.17, 15) is 15.0 Å². The van der Waals surface area contributed by atoms with Crippen LogP contribution in [0.2, 0.25) is 0 Å². The van der Waals surface area contributed by atoms with Gasteiger partial charge in [0.25, 0.3) is 0 Å². The highest BCUT2D eigenvalue weighted by molar-refractivity contribution is 5.78. The topological polar surface area (TPSA) is 91.3 Å². The van der Waals surface area contributed by atoms with E-state index in [1.165, 1.54) is 6.42 Å². The van der Waals surface area contributed by atoms with Crippen LogP contribution in [0.4, 0.5) is 0 Å². The van der Waals surface area contributed by atoms with Crippen molar-refractivity contribution in [2.75, 3.05) is 26.7 Å². The zero-order valence-electron chi connectivity index (χ0n) is 15.1. The molecule has 3 rings (SSSR count). The highest BCUT2D eigenvalue weighted by Gasteiger charge is 2.43. The maximum Gasteiger partial charge on any atom is 0.234 e. The molecule has 4 atom stereocenters. The van der Waals surface area contributed by atoms with Gasteiger partial charge in [0.2, 0.25) is 5.91 Å². The lowest BCUT2D eigenvalue weighted by atomic mass is 10.1. The van der Waals surface area contributed by atoms with Crippen LogP contribution in [0.25, 0.3) is 0 Å². The van der Waals surface area contributed by atoms with E-state index < -0.39 is 24.4 Å². The van der Waals surface area contributed by atoms with Crippen LogP contribution in [0.15, 0.2) is 24.3 Å². The molecule has 0 radical (unpaired) electrons. The van der Waals surface area contributed by atoms with E-state index in [1.807, 2.05) is 0 Å². The van der Waals surface area contributed by atoms with Crippen LogP contribution < -0.4 is 14.8 Å². The van der Waals surface area contributed by atoms with Crippen molar-refractivity contribution in [2.45, 2.75) is 50.0 Å². The lowest BCUT2D eigenvalue weighted by Crippen LogP contribution is -2.47. The molecule has 1 saturated heterocycles. The zero-order valence-corrected chi connectivity index (χ0v) is 15.1. The fourth-order valence-electron chi connectivity index (χ4n) is 3.67. The molecule has 7 nitrogen and oxygen atoms in total. The summed E-state index contributed by atoms with van der Waals surface area (Å²) in [5.74, 6) is 1.09. The summed E-state index contributed by atoms with van der Waals surface area (Å²) < 4.78 is 11.0. The predicted molar refractivity (Wildman–Crippen MR) is 96.3 cm³/mol. The highest BCUT2D eigenvalue weighted by Crippen LogP contribution is 2.27. The number of hydrogen-bond acceptors (Lipinski definition) is 6. The van der Waals surface area contributed by atoms with E-state index >= 15 is 0 Å². The number of hydrogen-bond donors (Lipinski definition) is 3. The molecule has 3 N–H and O–H groups in total. The first-order chi connectivity index (χ1) is 12.6. The minimum absolute atomic E-state index is 0.120. The molecule has 1 aromatic carbocycles. The lowest BCUT2D eigenvalue weighted by molar-refractivity contribution is -0.124. The van der Waals surface area contributed by atoms with E-state index in [1.54, 1.807) is 31.4 Å². The Balaban J connectivity index is 1.53. The van der Waals surface area contributed by atoms with Gasteiger partial charge in [0.1, 0.15) is 29.8 Å². The number of amides is 1. The Morgan fingerprint density at radius 1 is 1.19 bits per heavy atom. The molecule has 2 aliphatic rings. The maximum absolute atomic E-state index is 12.3. The minimum atomic E-state index is -1.05. The first-order valence-electron chi connectivity index (χ1n) is 9.25. The van der Waals surface area contributed by atoms with Gasteiger partial charge in [-0.2, -0.15) is 0 Å². The number of carbonyl (C=O) groups is 1. The fraction of sp³-hybridized carbons (Fsp3) is 0.632. The molecule has 0 spiro atoms. The van der Waals surface area contributed by atoms with Crippen LogP contribution in [0.1, 0.15) is 25.7 Å². The number of piperidine rings is 1. The van der Waals surface area contributed by atoms with Crippen molar-refractivity contribution < 1.29 is 24.5 Å². The zero-order chi connectivity index (χ0) is 18.5. The van der Waals surface area contributed by atoms with Crippen molar-refractivity contribution >= 4 is 5.91 Å². The standard InChI is InChI=1S/C19H28N2O5/c1-25-13-6-5-7-14(10-13)26-16-11-15(18(23)19(16)24)20-17(22)12-21-8-3-2-4-9-21/h5-7,10,15-16,18-19,23-24H,2-4,8-9,11-12H2,1H3,(H,20,22)/t15-,16-,18+,19+/m1/s1. The van der Waals surface area contributed by atoms with Crippen LogP contribution >= 0.6 is 0 Å². The molecule has 1 saturated carbocycles. The number of nitrogens with zero attached hydrogens (tertiary/aromatic N) is 1. The van der Waals surface area contributed by atoms with E-state index in [0.717, 1.165) is 25.9 Å². The number of likely N-dealkylation sites (tertiary alicyclic amines) is 1. The molecule has 26 heavy (non-hydrogen) atoms. The molecule has 2 fully saturated rings. The number of aliphatic hydroxyl groups excluding tert-OH is 2. The fourth-order valence-corrected chi connectivity index (χ4v) is 3.67. The van der Waals surface area contributed by atoms with Crippen LogP contribution in [-0.4, -0.2) is 72.1 Å². The Morgan fingerprint density at radius 3 is 2.65 bits per heavy atom. The number of rotatable bonds is 6. The normalized spacial score (nSPS) is 29.3. The molecular formula is C19H28N2O5. The lowest BCUT2D eigenvalue weighted by Gasteiger charge is -2.26. The van der Waals surface area contributed by atoms with Crippen LogP contribution in [0, 0.1) is 0 Å². The molecule has 1 aliphatic heterocycles. The molecule has 1 aromatic rings. The Hall–Kier alpha value is -1.83. The Kier molecular flexibility index (Phi) is 6.34. The Labute approximate surface area is 153 Å². The first-order valence-corrected chi connectivity index (χ1v) is 9.25. The molecule has 1 heterocycles. The van der Waals surface area contributed by atoms with Crippen LogP contribution in [-0.2, 0) is 4.79 Å². The number of carbonyl (C=O) groups excluding carboxylic acids is 1. The van der Waals surface area contributed by atoms with E-state index in [4.69, 9.17) is 9.47 Å². The molecule has 7 heteroatoms. The summed E-state index contributed by atoms with van der Waals surface area (Å²) in [5.41, 5.74) is 0. The SMILES string of the molecule is COc1cccc(O[C@@H]2C[C@@H](NC(=O)CN3CCCCC3)[C@H](O)[C@H]2O)c1. The first kappa shape index (κ1) is 18.9. The summed E-state index contributed by atoms with van der Waals surface area (Å²) in [6.45, 7) is 2.20. The van der Waals surface area contributed by atoms with Crippen molar-refractivity contribution in [3.05, 3.63) is 24.3 Å². The van der Waals surface area contributed by atoms with Gasteiger partial charge in [-0.25, -0.2) is 0 Å². The Morgan fingerprint density at radius 2 is 1.92 bits per heavy atom. The molecule has 0 unspecified atom stereocenters. The van der Waals surface area contributed by atoms with Gasteiger partial charge in [-0.3, -0.25) is 9.69 Å². The third kappa shape index (κ3) is 4.66. The van der Waals surface area contributed by atoms with Crippen molar-refractivity contribution in [1.82, 2.24) is 10.2 Å². The van der Waals surface area contributed by atoms with Gasteiger partial charge in [-0.1, -0.05) is 12.5 Å². The number of methoxy groups -OCH3 is 1. The monoisotopic (exact) mass is 364 g/mol.